The van der Waals surface area contributed by atoms with Crippen molar-refractivity contribution in [3.63, 3.8) is 0 Å². The quantitative estimate of drug-likeness (QED) is 0.398. The second kappa shape index (κ2) is 8.39. The number of benzene rings is 2. The van der Waals surface area contributed by atoms with Crippen LogP contribution in [0.3, 0.4) is 0 Å². The molecule has 2 aromatic carbocycles. The molecule has 0 heterocycles. The van der Waals surface area contributed by atoms with Crippen molar-refractivity contribution in [1.29, 1.82) is 0 Å². The van der Waals surface area contributed by atoms with Gasteiger partial charge < -0.3 is 4.43 Å². The lowest BCUT2D eigenvalue weighted by atomic mass is 10.3. The van der Waals surface area contributed by atoms with Gasteiger partial charge in [-0.3, -0.25) is 0 Å². The highest BCUT2D eigenvalue weighted by molar-refractivity contribution is 14.1. The number of hydrogen-bond acceptors (Lipinski definition) is 1. The Morgan fingerprint density at radius 2 is 1.45 bits per heavy atom. The van der Waals surface area contributed by atoms with Crippen molar-refractivity contribution >= 4 is 42.0 Å². The molecule has 0 aliphatic carbocycles. The zero-order valence-corrected chi connectivity index (χ0v) is 14.8. The fourth-order valence-corrected chi connectivity index (χ4v) is 4.80. The monoisotopic (exact) mass is 394 g/mol. The molecule has 20 heavy (non-hydrogen) atoms. The highest BCUT2D eigenvalue weighted by Gasteiger charge is 2.16. The first-order chi connectivity index (χ1) is 9.77. The largest absolute Gasteiger partial charge is 0.411 e. The molecule has 2 aromatic rings. The predicted octanol–water partition coefficient (Wildman–Crippen LogP) is 3.27. The zero-order chi connectivity index (χ0) is 14.2. The van der Waals surface area contributed by atoms with E-state index >= 15 is 0 Å². The van der Waals surface area contributed by atoms with Gasteiger partial charge in [-0.2, -0.15) is 0 Å². The lowest BCUT2D eigenvalue weighted by molar-refractivity contribution is 0.327. The SMILES string of the molecule is C=C(I)CCCO[SiH](c1ccccc1)c1ccccc1. The van der Waals surface area contributed by atoms with Gasteiger partial charge in [0, 0.05) is 6.61 Å². The zero-order valence-electron chi connectivity index (χ0n) is 11.5. The van der Waals surface area contributed by atoms with E-state index in [1.54, 1.807) is 0 Å². The first-order valence-electron chi connectivity index (χ1n) is 6.82. The molecule has 0 aromatic heterocycles. The van der Waals surface area contributed by atoms with Gasteiger partial charge >= 0.3 is 0 Å². The summed E-state index contributed by atoms with van der Waals surface area (Å²) >= 11 is 2.28. The number of hydrogen-bond donors (Lipinski definition) is 0. The van der Waals surface area contributed by atoms with Crippen LogP contribution in [0.1, 0.15) is 12.8 Å². The van der Waals surface area contributed by atoms with Gasteiger partial charge in [0.15, 0.2) is 0 Å². The van der Waals surface area contributed by atoms with Crippen LogP contribution in [0.15, 0.2) is 70.8 Å². The van der Waals surface area contributed by atoms with Gasteiger partial charge in [0.2, 0.25) is 9.04 Å². The molecule has 0 amide bonds. The molecule has 0 N–H and O–H groups in total. The summed E-state index contributed by atoms with van der Waals surface area (Å²) in [5.41, 5.74) is 0. The molecule has 104 valence electrons. The van der Waals surface area contributed by atoms with E-state index < -0.39 is 9.04 Å². The average molecular weight is 394 g/mol. The third-order valence-corrected chi connectivity index (χ3v) is 6.17. The van der Waals surface area contributed by atoms with E-state index in [0.717, 1.165) is 19.4 Å². The van der Waals surface area contributed by atoms with Crippen LogP contribution in [0.25, 0.3) is 0 Å². The van der Waals surface area contributed by atoms with Crippen LogP contribution < -0.4 is 10.4 Å². The van der Waals surface area contributed by atoms with Crippen LogP contribution in [0, 0.1) is 0 Å². The summed E-state index contributed by atoms with van der Waals surface area (Å²) in [5, 5.41) is 2.68. The Hall–Kier alpha value is -0.913. The summed E-state index contributed by atoms with van der Waals surface area (Å²) in [6.07, 6.45) is 2.08. The molecule has 0 radical (unpaired) electrons. The van der Waals surface area contributed by atoms with E-state index in [-0.39, 0.29) is 0 Å². The van der Waals surface area contributed by atoms with E-state index in [4.69, 9.17) is 4.43 Å². The summed E-state index contributed by atoms with van der Waals surface area (Å²) in [6, 6.07) is 21.2. The van der Waals surface area contributed by atoms with Gasteiger partial charge in [-0.15, -0.1) is 0 Å². The third-order valence-electron chi connectivity index (χ3n) is 3.08. The Kier molecular flexibility index (Phi) is 6.49. The van der Waals surface area contributed by atoms with Crippen LogP contribution in [-0.2, 0) is 4.43 Å². The smallest absolute Gasteiger partial charge is 0.239 e. The van der Waals surface area contributed by atoms with Crippen molar-refractivity contribution in [2.75, 3.05) is 6.61 Å². The Morgan fingerprint density at radius 1 is 0.950 bits per heavy atom. The molecular weight excluding hydrogens is 375 g/mol. The summed E-state index contributed by atoms with van der Waals surface area (Å²) in [4.78, 5) is 0. The molecule has 0 saturated carbocycles. The molecule has 3 heteroatoms. The topological polar surface area (TPSA) is 9.23 Å². The summed E-state index contributed by atoms with van der Waals surface area (Å²) < 4.78 is 7.46. The Labute approximate surface area is 136 Å². The van der Waals surface area contributed by atoms with Crippen molar-refractivity contribution in [3.05, 3.63) is 70.8 Å². The van der Waals surface area contributed by atoms with Crippen LogP contribution >= 0.6 is 22.6 Å². The minimum atomic E-state index is -1.55. The van der Waals surface area contributed by atoms with Crippen LogP contribution in [0.4, 0.5) is 0 Å². The van der Waals surface area contributed by atoms with Crippen molar-refractivity contribution in [2.24, 2.45) is 0 Å². The van der Waals surface area contributed by atoms with Crippen LogP contribution in [0.5, 0.6) is 0 Å². The number of halogens is 1. The molecule has 0 spiro atoms. The lowest BCUT2D eigenvalue weighted by Crippen LogP contribution is -2.45. The standard InChI is InChI=1S/C17H19IOSi/c1-15(18)9-8-14-19-20(16-10-4-2-5-11-16)17-12-6-3-7-13-17/h2-7,10-13,20H,1,8-9,14H2. The summed E-state index contributed by atoms with van der Waals surface area (Å²) in [7, 11) is -1.55. The van der Waals surface area contributed by atoms with Crippen molar-refractivity contribution in [1.82, 2.24) is 0 Å². The summed E-state index contributed by atoms with van der Waals surface area (Å²) in [6.45, 7) is 4.74. The van der Waals surface area contributed by atoms with E-state index in [1.807, 2.05) is 0 Å². The summed E-state index contributed by atoms with van der Waals surface area (Å²) in [5.74, 6) is 0. The third kappa shape index (κ3) is 4.88. The van der Waals surface area contributed by atoms with Crippen molar-refractivity contribution < 1.29 is 4.43 Å². The fourth-order valence-electron chi connectivity index (χ4n) is 2.11. The molecular formula is C17H19IOSi. The molecule has 0 atom stereocenters. The first-order valence-corrected chi connectivity index (χ1v) is 9.52. The number of allylic oxidation sites excluding steroid dienone is 1. The maximum atomic E-state index is 6.26. The maximum Gasteiger partial charge on any atom is 0.239 e. The molecule has 2 rings (SSSR count). The van der Waals surface area contributed by atoms with Crippen LogP contribution in [0.2, 0.25) is 0 Å². The maximum absolute atomic E-state index is 6.26. The fraction of sp³-hybridized carbons (Fsp3) is 0.176. The number of rotatable bonds is 7. The molecule has 0 fully saturated rings. The second-order valence-corrected chi connectivity index (χ2v) is 8.65. The van der Waals surface area contributed by atoms with Gasteiger partial charge in [-0.1, -0.05) is 67.2 Å². The molecule has 1 nitrogen and oxygen atoms in total. The van der Waals surface area contributed by atoms with E-state index in [9.17, 15) is 0 Å². The van der Waals surface area contributed by atoms with E-state index in [1.165, 1.54) is 14.0 Å². The van der Waals surface area contributed by atoms with Gasteiger partial charge in [-0.25, -0.2) is 0 Å². The molecule has 0 unspecified atom stereocenters. The normalized spacial score (nSPS) is 10.7. The van der Waals surface area contributed by atoms with Gasteiger partial charge in [-0.05, 0) is 49.4 Å². The average Bonchev–Trinajstić information content (AvgIpc) is 2.49. The van der Waals surface area contributed by atoms with Crippen LogP contribution in [-0.4, -0.2) is 15.6 Å². The first kappa shape index (κ1) is 15.5. The second-order valence-electron chi connectivity index (χ2n) is 4.69. The van der Waals surface area contributed by atoms with Gasteiger partial charge in [0.25, 0.3) is 0 Å². The highest BCUT2D eigenvalue weighted by atomic mass is 127. The molecule has 0 aliphatic heterocycles. The molecule has 0 aliphatic rings. The molecule has 0 bridgehead atoms. The Bertz CT molecular complexity index is 488. The minimum Gasteiger partial charge on any atom is -0.411 e. The minimum absolute atomic E-state index is 0.808. The predicted molar refractivity (Wildman–Crippen MR) is 97.6 cm³/mol. The highest BCUT2D eigenvalue weighted by Crippen LogP contribution is 2.10. The lowest BCUT2D eigenvalue weighted by Gasteiger charge is -2.17. The van der Waals surface area contributed by atoms with E-state index in [2.05, 4.69) is 89.8 Å². The van der Waals surface area contributed by atoms with Gasteiger partial charge in [0.1, 0.15) is 0 Å². The molecule has 0 saturated heterocycles. The van der Waals surface area contributed by atoms with Crippen molar-refractivity contribution in [2.45, 2.75) is 12.8 Å². The Balaban J connectivity index is 2.07. The Morgan fingerprint density at radius 3 is 1.90 bits per heavy atom. The van der Waals surface area contributed by atoms with E-state index in [0.29, 0.717) is 0 Å². The van der Waals surface area contributed by atoms with Gasteiger partial charge in [0.05, 0.1) is 0 Å². The van der Waals surface area contributed by atoms with Crippen molar-refractivity contribution in [3.8, 4) is 0 Å².